The Balaban J connectivity index is 1.64. The van der Waals surface area contributed by atoms with Crippen molar-refractivity contribution in [1.29, 1.82) is 0 Å². The molecular formula is C14H18FNO. The van der Waals surface area contributed by atoms with Gasteiger partial charge in [0.1, 0.15) is 0 Å². The first-order valence-corrected chi connectivity index (χ1v) is 6.45. The molecular weight excluding hydrogens is 217 g/mol. The molecule has 2 aliphatic rings. The van der Waals surface area contributed by atoms with Crippen molar-refractivity contribution in [3.63, 3.8) is 0 Å². The standard InChI is InChI=1S/C14H18FNO/c15-12-3-1-2-11(14(12)17)8-16-13(9-4-5-9)10-6-7-10/h1-3,9-10,13,16-17H,4-8H2. The first kappa shape index (κ1) is 11.0. The van der Waals surface area contributed by atoms with Gasteiger partial charge in [-0.25, -0.2) is 4.39 Å². The molecule has 1 aromatic rings. The van der Waals surface area contributed by atoms with Crippen LogP contribution in [-0.2, 0) is 6.54 Å². The van der Waals surface area contributed by atoms with E-state index in [0.717, 1.165) is 11.8 Å². The van der Waals surface area contributed by atoms with Crippen LogP contribution in [0.1, 0.15) is 31.2 Å². The Morgan fingerprint density at radius 3 is 2.47 bits per heavy atom. The molecule has 17 heavy (non-hydrogen) atoms. The zero-order chi connectivity index (χ0) is 11.8. The third-order valence-corrected chi connectivity index (χ3v) is 3.86. The van der Waals surface area contributed by atoms with E-state index in [0.29, 0.717) is 18.2 Å². The van der Waals surface area contributed by atoms with Gasteiger partial charge in [-0.05, 0) is 43.6 Å². The van der Waals surface area contributed by atoms with Crippen molar-refractivity contribution < 1.29 is 9.50 Å². The summed E-state index contributed by atoms with van der Waals surface area (Å²) in [5.41, 5.74) is 0.663. The molecule has 0 bridgehead atoms. The summed E-state index contributed by atoms with van der Waals surface area (Å²) in [4.78, 5) is 0. The fourth-order valence-corrected chi connectivity index (χ4v) is 2.56. The number of halogens is 1. The summed E-state index contributed by atoms with van der Waals surface area (Å²) in [5, 5.41) is 13.1. The van der Waals surface area contributed by atoms with Gasteiger partial charge in [0.25, 0.3) is 0 Å². The lowest BCUT2D eigenvalue weighted by Crippen LogP contribution is -2.32. The summed E-state index contributed by atoms with van der Waals surface area (Å²) in [6.45, 7) is 0.571. The van der Waals surface area contributed by atoms with E-state index in [1.807, 2.05) is 0 Å². The molecule has 1 aromatic carbocycles. The van der Waals surface area contributed by atoms with Crippen LogP contribution >= 0.6 is 0 Å². The minimum absolute atomic E-state index is 0.203. The molecule has 0 spiro atoms. The van der Waals surface area contributed by atoms with E-state index in [1.165, 1.54) is 31.7 Å². The highest BCUT2D eigenvalue weighted by Gasteiger charge is 2.40. The second-order valence-electron chi connectivity index (χ2n) is 5.33. The van der Waals surface area contributed by atoms with E-state index in [9.17, 15) is 9.50 Å². The highest BCUT2D eigenvalue weighted by Crippen LogP contribution is 2.44. The molecule has 0 atom stereocenters. The number of para-hydroxylation sites is 1. The average molecular weight is 235 g/mol. The SMILES string of the molecule is Oc1c(F)cccc1CNC(C1CC1)C1CC1. The van der Waals surface area contributed by atoms with E-state index in [1.54, 1.807) is 12.1 Å². The van der Waals surface area contributed by atoms with Gasteiger partial charge in [0.05, 0.1) is 0 Å². The predicted molar refractivity (Wildman–Crippen MR) is 64.1 cm³/mol. The fraction of sp³-hybridized carbons (Fsp3) is 0.571. The molecule has 3 heteroatoms. The molecule has 2 fully saturated rings. The number of benzene rings is 1. The van der Waals surface area contributed by atoms with Crippen molar-refractivity contribution in [2.75, 3.05) is 0 Å². The molecule has 0 unspecified atom stereocenters. The second-order valence-corrected chi connectivity index (χ2v) is 5.33. The highest BCUT2D eigenvalue weighted by atomic mass is 19.1. The van der Waals surface area contributed by atoms with Crippen LogP contribution in [0.15, 0.2) is 18.2 Å². The maximum atomic E-state index is 13.2. The topological polar surface area (TPSA) is 32.3 Å². The van der Waals surface area contributed by atoms with Crippen molar-refractivity contribution in [2.24, 2.45) is 11.8 Å². The molecule has 0 heterocycles. The minimum atomic E-state index is -0.529. The summed E-state index contributed by atoms with van der Waals surface area (Å²) < 4.78 is 13.2. The van der Waals surface area contributed by atoms with Crippen LogP contribution < -0.4 is 5.32 Å². The van der Waals surface area contributed by atoms with Gasteiger partial charge in [0.15, 0.2) is 11.6 Å². The van der Waals surface area contributed by atoms with Crippen LogP contribution in [0.4, 0.5) is 4.39 Å². The Kier molecular flexibility index (Phi) is 2.79. The minimum Gasteiger partial charge on any atom is -0.505 e. The van der Waals surface area contributed by atoms with Crippen molar-refractivity contribution in [1.82, 2.24) is 5.32 Å². The number of hydrogen-bond acceptors (Lipinski definition) is 2. The van der Waals surface area contributed by atoms with Gasteiger partial charge in [-0.2, -0.15) is 0 Å². The first-order chi connectivity index (χ1) is 8.25. The Hall–Kier alpha value is -1.09. The monoisotopic (exact) mass is 235 g/mol. The fourth-order valence-electron chi connectivity index (χ4n) is 2.56. The van der Waals surface area contributed by atoms with Crippen molar-refractivity contribution in [3.8, 4) is 5.75 Å². The summed E-state index contributed by atoms with van der Waals surface area (Å²) in [5.74, 6) is 0.903. The molecule has 0 aliphatic heterocycles. The zero-order valence-corrected chi connectivity index (χ0v) is 9.82. The van der Waals surface area contributed by atoms with Gasteiger partial charge in [-0.15, -0.1) is 0 Å². The Labute approximate surface area is 101 Å². The molecule has 0 radical (unpaired) electrons. The number of phenolic OH excluding ortho intramolecular Hbond substituents is 1. The van der Waals surface area contributed by atoms with Crippen LogP contribution in [0, 0.1) is 17.7 Å². The van der Waals surface area contributed by atoms with Gasteiger partial charge < -0.3 is 10.4 Å². The molecule has 2 nitrogen and oxygen atoms in total. The third-order valence-electron chi connectivity index (χ3n) is 3.86. The molecule has 2 N–H and O–H groups in total. The second kappa shape index (κ2) is 4.30. The quantitative estimate of drug-likeness (QED) is 0.822. The molecule has 0 saturated heterocycles. The first-order valence-electron chi connectivity index (χ1n) is 6.45. The molecule has 3 rings (SSSR count). The average Bonchev–Trinajstić information content (AvgIpc) is 3.14. The number of hydrogen-bond donors (Lipinski definition) is 2. The molecule has 0 aromatic heterocycles. The number of aromatic hydroxyl groups is 1. The van der Waals surface area contributed by atoms with Crippen LogP contribution in [0.25, 0.3) is 0 Å². The van der Waals surface area contributed by atoms with Crippen LogP contribution in [-0.4, -0.2) is 11.1 Å². The number of rotatable bonds is 5. The molecule has 2 aliphatic carbocycles. The number of nitrogens with one attached hydrogen (secondary N) is 1. The Morgan fingerprint density at radius 2 is 1.88 bits per heavy atom. The van der Waals surface area contributed by atoms with Gasteiger partial charge in [-0.3, -0.25) is 0 Å². The van der Waals surface area contributed by atoms with Crippen molar-refractivity contribution >= 4 is 0 Å². The van der Waals surface area contributed by atoms with Crippen molar-refractivity contribution in [3.05, 3.63) is 29.6 Å². The molecule has 2 saturated carbocycles. The van der Waals surface area contributed by atoms with E-state index in [2.05, 4.69) is 5.32 Å². The third kappa shape index (κ3) is 2.44. The van der Waals surface area contributed by atoms with Gasteiger partial charge in [0.2, 0.25) is 0 Å². The molecule has 92 valence electrons. The summed E-state index contributed by atoms with van der Waals surface area (Å²) >= 11 is 0. The summed E-state index contributed by atoms with van der Waals surface area (Å²) in [6.07, 6.45) is 5.29. The van der Waals surface area contributed by atoms with Crippen LogP contribution in [0.2, 0.25) is 0 Å². The zero-order valence-electron chi connectivity index (χ0n) is 9.82. The Bertz CT molecular complexity index is 401. The molecule has 0 amide bonds. The number of phenols is 1. The normalized spacial score (nSPS) is 19.9. The van der Waals surface area contributed by atoms with Gasteiger partial charge >= 0.3 is 0 Å². The Morgan fingerprint density at radius 1 is 1.24 bits per heavy atom. The van der Waals surface area contributed by atoms with Gasteiger partial charge in [0, 0.05) is 18.2 Å². The summed E-state index contributed by atoms with van der Waals surface area (Å²) in [6, 6.07) is 5.30. The van der Waals surface area contributed by atoms with E-state index >= 15 is 0 Å². The maximum Gasteiger partial charge on any atom is 0.165 e. The summed E-state index contributed by atoms with van der Waals surface area (Å²) in [7, 11) is 0. The highest BCUT2D eigenvalue weighted by molar-refractivity contribution is 5.33. The largest absolute Gasteiger partial charge is 0.505 e. The smallest absolute Gasteiger partial charge is 0.165 e. The maximum absolute atomic E-state index is 13.2. The van der Waals surface area contributed by atoms with E-state index < -0.39 is 5.82 Å². The van der Waals surface area contributed by atoms with Crippen molar-refractivity contribution in [2.45, 2.75) is 38.3 Å². The van der Waals surface area contributed by atoms with E-state index in [4.69, 9.17) is 0 Å². The predicted octanol–water partition coefficient (Wildman–Crippen LogP) is 2.81. The lowest BCUT2D eigenvalue weighted by atomic mass is 10.1. The van der Waals surface area contributed by atoms with E-state index in [-0.39, 0.29) is 5.75 Å². The van der Waals surface area contributed by atoms with Crippen LogP contribution in [0.5, 0.6) is 5.75 Å². The van der Waals surface area contributed by atoms with Gasteiger partial charge in [-0.1, -0.05) is 12.1 Å². The lowest BCUT2D eigenvalue weighted by Gasteiger charge is -2.18. The lowest BCUT2D eigenvalue weighted by molar-refractivity contribution is 0.396. The van der Waals surface area contributed by atoms with Crippen LogP contribution in [0.3, 0.4) is 0 Å².